The Kier molecular flexibility index (Phi) is 2.03. The normalized spacial score (nSPS) is 45.0. The number of aromatic nitrogens is 4. The SMILES string of the molecule is C[C@]1(F)[C@](C)(c2cnc3c(N)ncnn23)O[C@@H]2C(O)[C@@]21O. The quantitative estimate of drug-likeness (QED) is 0.627. The van der Waals surface area contributed by atoms with E-state index in [1.165, 1.54) is 30.9 Å². The van der Waals surface area contributed by atoms with Crippen molar-refractivity contribution >= 4 is 11.5 Å². The molecule has 9 heteroatoms. The van der Waals surface area contributed by atoms with Gasteiger partial charge < -0.3 is 20.7 Å². The van der Waals surface area contributed by atoms with Crippen molar-refractivity contribution in [3.63, 3.8) is 0 Å². The van der Waals surface area contributed by atoms with Gasteiger partial charge in [-0.05, 0) is 13.8 Å². The van der Waals surface area contributed by atoms with E-state index in [9.17, 15) is 10.2 Å². The van der Waals surface area contributed by atoms with Gasteiger partial charge in [-0.25, -0.2) is 18.9 Å². The number of fused-ring (bicyclic) bond motifs is 2. The number of rotatable bonds is 1. The van der Waals surface area contributed by atoms with Crippen LogP contribution in [0.2, 0.25) is 0 Å². The van der Waals surface area contributed by atoms with Crippen LogP contribution in [0.3, 0.4) is 0 Å². The standard InChI is InChI=1S/C12H14FN5O3/c1-10(11(2,13)12(20)6(19)7(12)21-10)5-3-15-9-8(14)16-4-17-18(5)9/h3-4,6-7,19-20H,1-2H3,(H2,14,16,17)/t6?,7-,10+,11+,12-/m1/s1. The molecule has 2 aromatic rings. The van der Waals surface area contributed by atoms with Crippen LogP contribution in [0, 0.1) is 0 Å². The number of hydrogen-bond acceptors (Lipinski definition) is 7. The molecule has 2 fully saturated rings. The lowest BCUT2D eigenvalue weighted by atomic mass is 9.80. The fraction of sp³-hybridized carbons (Fsp3) is 0.583. The van der Waals surface area contributed by atoms with E-state index < -0.39 is 29.1 Å². The fourth-order valence-corrected chi connectivity index (χ4v) is 3.23. The highest BCUT2D eigenvalue weighted by Gasteiger charge is 2.86. The van der Waals surface area contributed by atoms with Crippen molar-refractivity contribution in [2.45, 2.75) is 42.9 Å². The molecule has 1 aliphatic heterocycles. The molecular weight excluding hydrogens is 281 g/mol. The van der Waals surface area contributed by atoms with E-state index in [1.54, 1.807) is 0 Å². The van der Waals surface area contributed by atoms with Crippen molar-refractivity contribution in [1.82, 2.24) is 19.6 Å². The van der Waals surface area contributed by atoms with E-state index in [4.69, 9.17) is 10.5 Å². The molecule has 2 aromatic heterocycles. The highest BCUT2D eigenvalue weighted by Crippen LogP contribution is 2.65. The summed E-state index contributed by atoms with van der Waals surface area (Å²) in [5.41, 5.74) is 0.609. The molecule has 21 heavy (non-hydrogen) atoms. The van der Waals surface area contributed by atoms with Gasteiger partial charge in [-0.3, -0.25) is 0 Å². The summed E-state index contributed by atoms with van der Waals surface area (Å²) in [4.78, 5) is 7.89. The van der Waals surface area contributed by atoms with Crippen LogP contribution in [0.25, 0.3) is 5.65 Å². The number of imidazole rings is 1. The van der Waals surface area contributed by atoms with Crippen LogP contribution in [-0.2, 0) is 10.3 Å². The molecule has 1 aliphatic carbocycles. The maximum absolute atomic E-state index is 15.3. The number of aliphatic hydroxyl groups excluding tert-OH is 1. The number of nitrogens with two attached hydrogens (primary N) is 1. The minimum Gasteiger partial charge on any atom is -0.387 e. The van der Waals surface area contributed by atoms with Gasteiger partial charge in [-0.15, -0.1) is 0 Å². The number of aliphatic hydroxyl groups is 2. The van der Waals surface area contributed by atoms with Crippen molar-refractivity contribution in [1.29, 1.82) is 0 Å². The molecule has 1 saturated carbocycles. The Bertz CT molecular complexity index is 764. The van der Waals surface area contributed by atoms with Crippen LogP contribution < -0.4 is 5.73 Å². The van der Waals surface area contributed by atoms with Crippen molar-refractivity contribution in [3.05, 3.63) is 18.2 Å². The first kappa shape index (κ1) is 12.9. The van der Waals surface area contributed by atoms with Crippen molar-refractivity contribution < 1.29 is 19.3 Å². The zero-order valence-corrected chi connectivity index (χ0v) is 11.4. The van der Waals surface area contributed by atoms with Crippen LogP contribution in [0.4, 0.5) is 10.2 Å². The van der Waals surface area contributed by atoms with Gasteiger partial charge in [0.1, 0.15) is 24.1 Å². The number of alkyl halides is 1. The van der Waals surface area contributed by atoms with E-state index >= 15 is 4.39 Å². The third kappa shape index (κ3) is 1.15. The molecule has 2 aliphatic rings. The average Bonchev–Trinajstić information content (AvgIpc) is 2.80. The third-order valence-electron chi connectivity index (χ3n) is 4.89. The first-order valence-corrected chi connectivity index (χ1v) is 6.47. The lowest BCUT2D eigenvalue weighted by Gasteiger charge is -2.37. The molecule has 3 heterocycles. The predicted octanol–water partition coefficient (Wildman–Crippen LogP) is -0.846. The molecule has 8 nitrogen and oxygen atoms in total. The first-order valence-electron chi connectivity index (χ1n) is 6.47. The van der Waals surface area contributed by atoms with Gasteiger partial charge >= 0.3 is 0 Å². The molecule has 4 rings (SSSR count). The van der Waals surface area contributed by atoms with E-state index in [0.29, 0.717) is 5.69 Å². The number of ether oxygens (including phenoxy) is 1. The molecule has 0 spiro atoms. The monoisotopic (exact) mass is 295 g/mol. The Morgan fingerprint density at radius 2 is 2.14 bits per heavy atom. The second-order valence-electron chi connectivity index (χ2n) is 5.87. The summed E-state index contributed by atoms with van der Waals surface area (Å²) in [6.07, 6.45) is 0.409. The third-order valence-corrected chi connectivity index (χ3v) is 4.89. The highest BCUT2D eigenvalue weighted by molar-refractivity contribution is 5.59. The number of halogens is 1. The van der Waals surface area contributed by atoms with Gasteiger partial charge in [0.25, 0.3) is 0 Å². The lowest BCUT2D eigenvalue weighted by Crippen LogP contribution is -2.53. The number of nitrogens with zero attached hydrogens (tertiary/aromatic N) is 4. The molecule has 0 radical (unpaired) electrons. The zero-order valence-electron chi connectivity index (χ0n) is 11.4. The summed E-state index contributed by atoms with van der Waals surface area (Å²) < 4.78 is 22.2. The van der Waals surface area contributed by atoms with Gasteiger partial charge in [0.15, 0.2) is 22.7 Å². The van der Waals surface area contributed by atoms with Gasteiger partial charge in [0.2, 0.25) is 0 Å². The molecule has 5 atom stereocenters. The van der Waals surface area contributed by atoms with Crippen molar-refractivity contribution in [3.8, 4) is 0 Å². The average molecular weight is 295 g/mol. The zero-order chi connectivity index (χ0) is 15.2. The molecule has 1 unspecified atom stereocenters. The van der Waals surface area contributed by atoms with E-state index in [1.807, 2.05) is 0 Å². The summed E-state index contributed by atoms with van der Waals surface area (Å²) in [5.74, 6) is 0.155. The predicted molar refractivity (Wildman–Crippen MR) is 67.9 cm³/mol. The second-order valence-corrected chi connectivity index (χ2v) is 5.87. The van der Waals surface area contributed by atoms with E-state index in [-0.39, 0.29) is 11.5 Å². The Morgan fingerprint density at radius 3 is 2.76 bits per heavy atom. The number of hydrogen-bond donors (Lipinski definition) is 3. The minimum atomic E-state index is -2.22. The van der Waals surface area contributed by atoms with Crippen LogP contribution in [0.1, 0.15) is 19.5 Å². The number of anilines is 1. The minimum absolute atomic E-state index is 0.155. The maximum Gasteiger partial charge on any atom is 0.196 e. The molecule has 0 bridgehead atoms. The molecule has 4 N–H and O–H groups in total. The van der Waals surface area contributed by atoms with Crippen LogP contribution in [0.15, 0.2) is 12.5 Å². The summed E-state index contributed by atoms with van der Waals surface area (Å²) in [6, 6.07) is 0. The Balaban J connectivity index is 1.92. The van der Waals surface area contributed by atoms with Crippen molar-refractivity contribution in [2.24, 2.45) is 0 Å². The molecule has 0 amide bonds. The molecular formula is C12H14FN5O3. The topological polar surface area (TPSA) is 119 Å². The smallest absolute Gasteiger partial charge is 0.196 e. The van der Waals surface area contributed by atoms with Gasteiger partial charge in [-0.1, -0.05) is 0 Å². The summed E-state index contributed by atoms with van der Waals surface area (Å²) in [7, 11) is 0. The van der Waals surface area contributed by atoms with Crippen LogP contribution >= 0.6 is 0 Å². The van der Waals surface area contributed by atoms with Crippen LogP contribution in [-0.4, -0.2) is 53.3 Å². The van der Waals surface area contributed by atoms with Gasteiger partial charge in [-0.2, -0.15) is 5.10 Å². The fourth-order valence-electron chi connectivity index (χ4n) is 3.23. The first-order chi connectivity index (χ1) is 9.75. The Labute approximate surface area is 118 Å². The summed E-state index contributed by atoms with van der Waals surface area (Å²) in [5, 5.41) is 23.9. The second kappa shape index (κ2) is 3.32. The van der Waals surface area contributed by atoms with Crippen molar-refractivity contribution in [2.75, 3.05) is 5.73 Å². The molecule has 0 aromatic carbocycles. The van der Waals surface area contributed by atoms with E-state index in [0.717, 1.165) is 0 Å². The Morgan fingerprint density at radius 1 is 1.43 bits per heavy atom. The van der Waals surface area contributed by atoms with Gasteiger partial charge in [0, 0.05) is 0 Å². The molecule has 112 valence electrons. The summed E-state index contributed by atoms with van der Waals surface area (Å²) >= 11 is 0. The van der Waals surface area contributed by atoms with Gasteiger partial charge in [0.05, 0.1) is 11.9 Å². The molecule has 1 saturated heterocycles. The number of nitrogen functional groups attached to an aromatic ring is 1. The summed E-state index contributed by atoms with van der Waals surface area (Å²) in [6.45, 7) is 2.69. The highest BCUT2D eigenvalue weighted by atomic mass is 19.1. The van der Waals surface area contributed by atoms with Crippen LogP contribution in [0.5, 0.6) is 0 Å². The van der Waals surface area contributed by atoms with E-state index in [2.05, 4.69) is 15.1 Å². The maximum atomic E-state index is 15.3. The largest absolute Gasteiger partial charge is 0.387 e. The lowest BCUT2D eigenvalue weighted by molar-refractivity contribution is -0.148. The Hall–Kier alpha value is -1.84.